The summed E-state index contributed by atoms with van der Waals surface area (Å²) in [4.78, 5) is 30.8. The second kappa shape index (κ2) is 8.61. The number of fused-ring (bicyclic) bond motifs is 2. The number of nitriles is 1. The molecule has 3 aromatic heterocycles. The highest BCUT2D eigenvalue weighted by atomic mass is 32.1. The van der Waals surface area contributed by atoms with Crippen molar-refractivity contribution in [3.63, 3.8) is 0 Å². The summed E-state index contributed by atoms with van der Waals surface area (Å²) in [6.45, 7) is 2.13. The first-order valence-electron chi connectivity index (χ1n) is 11.0. The molecule has 2 fully saturated rings. The van der Waals surface area contributed by atoms with Crippen molar-refractivity contribution in [2.24, 2.45) is 11.8 Å². The summed E-state index contributed by atoms with van der Waals surface area (Å²) in [6.07, 6.45) is 5.49. The lowest BCUT2D eigenvalue weighted by molar-refractivity contribution is 0.218. The van der Waals surface area contributed by atoms with Crippen LogP contribution in [0, 0.1) is 23.2 Å². The standard InChI is InChI=1S/C22H27N9OS/c1-29(2)12-18-26-21(33-28-18)27-22(32)31-10-13-6-16(7-14(13)11-31)30(3)19-15(8-23)9-25-20-17(19)4-5-24-20/h4-5,9,13-14,16H,6-7,10-12H2,1-3H3,(H,24,25)(H,26,27,28,32)/t13-,14+,16+. The summed E-state index contributed by atoms with van der Waals surface area (Å²) in [5.41, 5.74) is 2.32. The zero-order valence-corrected chi connectivity index (χ0v) is 19.8. The number of likely N-dealkylation sites (tertiary alicyclic amines) is 1. The average molecular weight is 466 g/mol. The maximum Gasteiger partial charge on any atom is 0.323 e. The van der Waals surface area contributed by atoms with E-state index in [1.54, 1.807) is 6.20 Å². The van der Waals surface area contributed by atoms with Crippen LogP contribution in [0.15, 0.2) is 18.5 Å². The molecule has 3 atom stereocenters. The van der Waals surface area contributed by atoms with E-state index >= 15 is 0 Å². The van der Waals surface area contributed by atoms with Gasteiger partial charge in [-0.3, -0.25) is 5.32 Å². The number of anilines is 2. The van der Waals surface area contributed by atoms with Crippen molar-refractivity contribution in [2.75, 3.05) is 44.4 Å². The topological polar surface area (TPSA) is 117 Å². The molecule has 0 aromatic carbocycles. The van der Waals surface area contributed by atoms with Gasteiger partial charge in [0.2, 0.25) is 5.13 Å². The molecular formula is C22H27N9OS. The van der Waals surface area contributed by atoms with Crippen LogP contribution >= 0.6 is 11.5 Å². The van der Waals surface area contributed by atoms with Crippen molar-refractivity contribution in [3.05, 3.63) is 29.8 Å². The maximum atomic E-state index is 12.8. The van der Waals surface area contributed by atoms with E-state index in [2.05, 4.69) is 42.7 Å². The largest absolute Gasteiger partial charge is 0.370 e. The number of rotatable bonds is 5. The van der Waals surface area contributed by atoms with E-state index in [0.717, 1.165) is 42.7 Å². The summed E-state index contributed by atoms with van der Waals surface area (Å²) < 4.78 is 4.30. The molecule has 3 aromatic rings. The molecular weight excluding hydrogens is 438 g/mol. The number of H-pyrrole nitrogens is 1. The van der Waals surface area contributed by atoms with Gasteiger partial charge in [0, 0.05) is 55.5 Å². The summed E-state index contributed by atoms with van der Waals surface area (Å²) in [5.74, 6) is 1.63. The van der Waals surface area contributed by atoms with Crippen LogP contribution in [0.25, 0.3) is 11.0 Å². The highest BCUT2D eigenvalue weighted by Crippen LogP contribution is 2.42. The van der Waals surface area contributed by atoms with Gasteiger partial charge in [0.1, 0.15) is 11.7 Å². The zero-order chi connectivity index (χ0) is 23.1. The SMILES string of the molecule is CN(C)Cc1nsc(NC(=O)N2C[C@H]3C[C@H](N(C)c4c(C#N)cnc5[nH]ccc45)C[C@H]3C2)n1. The van der Waals surface area contributed by atoms with Crippen LogP contribution in [0.5, 0.6) is 0 Å². The van der Waals surface area contributed by atoms with Crippen molar-refractivity contribution in [2.45, 2.75) is 25.4 Å². The highest BCUT2D eigenvalue weighted by molar-refractivity contribution is 7.09. The summed E-state index contributed by atoms with van der Waals surface area (Å²) in [7, 11) is 5.99. The molecule has 0 bridgehead atoms. The molecule has 4 heterocycles. The lowest BCUT2D eigenvalue weighted by Gasteiger charge is -2.29. The zero-order valence-electron chi connectivity index (χ0n) is 18.9. The van der Waals surface area contributed by atoms with E-state index in [9.17, 15) is 10.1 Å². The van der Waals surface area contributed by atoms with Gasteiger partial charge >= 0.3 is 6.03 Å². The van der Waals surface area contributed by atoms with Crippen molar-refractivity contribution in [1.29, 1.82) is 5.26 Å². The van der Waals surface area contributed by atoms with Gasteiger partial charge in [-0.1, -0.05) is 0 Å². The van der Waals surface area contributed by atoms with Crippen molar-refractivity contribution < 1.29 is 4.79 Å². The first kappa shape index (κ1) is 21.6. The Balaban J connectivity index is 1.22. The molecule has 0 unspecified atom stereocenters. The fourth-order valence-corrected chi connectivity index (χ4v) is 5.78. The lowest BCUT2D eigenvalue weighted by Crippen LogP contribution is -2.36. The number of urea groups is 1. The molecule has 11 heteroatoms. The number of pyridine rings is 1. The Morgan fingerprint density at radius 3 is 2.79 bits per heavy atom. The second-order valence-electron chi connectivity index (χ2n) is 9.22. The Kier molecular flexibility index (Phi) is 5.64. The van der Waals surface area contributed by atoms with Crippen LogP contribution < -0.4 is 10.2 Å². The molecule has 10 nitrogen and oxygen atoms in total. The van der Waals surface area contributed by atoms with E-state index in [4.69, 9.17) is 0 Å². The van der Waals surface area contributed by atoms with Gasteiger partial charge in [0.15, 0.2) is 5.82 Å². The van der Waals surface area contributed by atoms with Crippen LogP contribution in [-0.4, -0.2) is 75.4 Å². The summed E-state index contributed by atoms with van der Waals surface area (Å²) in [6, 6.07) is 4.51. The van der Waals surface area contributed by atoms with Crippen LogP contribution in [0.3, 0.4) is 0 Å². The number of nitrogens with one attached hydrogen (secondary N) is 2. The van der Waals surface area contributed by atoms with E-state index < -0.39 is 0 Å². The van der Waals surface area contributed by atoms with Crippen molar-refractivity contribution >= 4 is 39.4 Å². The molecule has 1 saturated carbocycles. The Morgan fingerprint density at radius 1 is 1.33 bits per heavy atom. The number of hydrogen-bond acceptors (Lipinski definition) is 8. The minimum absolute atomic E-state index is 0.100. The highest BCUT2D eigenvalue weighted by Gasteiger charge is 2.44. The number of amides is 2. The number of carbonyl (C=O) groups excluding carboxylic acids is 1. The predicted molar refractivity (Wildman–Crippen MR) is 127 cm³/mol. The Labute approximate surface area is 196 Å². The molecule has 1 aliphatic carbocycles. The van der Waals surface area contributed by atoms with Gasteiger partial charge in [-0.05, 0) is 44.8 Å². The smallest absolute Gasteiger partial charge is 0.323 e. The molecule has 2 amide bonds. The van der Waals surface area contributed by atoms with Crippen molar-refractivity contribution in [1.82, 2.24) is 29.1 Å². The van der Waals surface area contributed by atoms with Gasteiger partial charge in [-0.2, -0.15) is 9.64 Å². The van der Waals surface area contributed by atoms with E-state index in [1.807, 2.05) is 36.2 Å². The lowest BCUT2D eigenvalue weighted by atomic mass is 10.0. The number of nitrogens with zero attached hydrogens (tertiary/aromatic N) is 7. The Hall–Kier alpha value is -3.23. The van der Waals surface area contributed by atoms with E-state index in [1.165, 1.54) is 11.5 Å². The Bertz CT molecular complexity index is 1200. The molecule has 0 spiro atoms. The quantitative estimate of drug-likeness (QED) is 0.595. The van der Waals surface area contributed by atoms with Gasteiger partial charge in [0.05, 0.1) is 17.8 Å². The number of aromatic nitrogens is 4. The fourth-order valence-electron chi connectivity index (χ4n) is 5.21. The molecule has 0 radical (unpaired) electrons. The third kappa shape index (κ3) is 4.12. The first-order valence-corrected chi connectivity index (χ1v) is 11.8. The number of hydrogen-bond donors (Lipinski definition) is 2. The predicted octanol–water partition coefficient (Wildman–Crippen LogP) is 2.73. The molecule has 1 saturated heterocycles. The van der Waals surface area contributed by atoms with Crippen LogP contribution in [0.4, 0.5) is 15.6 Å². The monoisotopic (exact) mass is 465 g/mol. The van der Waals surface area contributed by atoms with Gasteiger partial charge in [-0.15, -0.1) is 0 Å². The third-order valence-electron chi connectivity index (χ3n) is 6.73. The van der Waals surface area contributed by atoms with Crippen LogP contribution in [0.2, 0.25) is 0 Å². The number of aromatic amines is 1. The fraction of sp³-hybridized carbons (Fsp3) is 0.500. The normalized spacial score (nSPS) is 22.0. The molecule has 172 valence electrons. The van der Waals surface area contributed by atoms with E-state index in [-0.39, 0.29) is 6.03 Å². The first-order chi connectivity index (χ1) is 15.9. The minimum Gasteiger partial charge on any atom is -0.370 e. The van der Waals surface area contributed by atoms with Gasteiger partial charge in [-0.25, -0.2) is 14.8 Å². The third-order valence-corrected chi connectivity index (χ3v) is 7.40. The maximum absolute atomic E-state index is 12.8. The Morgan fingerprint density at radius 2 is 2.09 bits per heavy atom. The van der Waals surface area contributed by atoms with Crippen molar-refractivity contribution in [3.8, 4) is 6.07 Å². The number of carbonyl (C=O) groups is 1. The van der Waals surface area contributed by atoms with Gasteiger partial charge in [0.25, 0.3) is 0 Å². The van der Waals surface area contributed by atoms with Crippen LogP contribution in [-0.2, 0) is 6.54 Å². The van der Waals surface area contributed by atoms with Gasteiger partial charge < -0.3 is 19.7 Å². The van der Waals surface area contributed by atoms with Crippen LogP contribution in [0.1, 0.15) is 24.2 Å². The summed E-state index contributed by atoms with van der Waals surface area (Å²) in [5, 5.41) is 14.1. The second-order valence-corrected chi connectivity index (χ2v) is 9.97. The van der Waals surface area contributed by atoms with E-state index in [0.29, 0.717) is 40.9 Å². The minimum atomic E-state index is -0.100. The molecule has 5 rings (SSSR count). The molecule has 2 N–H and O–H groups in total. The molecule has 33 heavy (non-hydrogen) atoms. The average Bonchev–Trinajstić information content (AvgIpc) is 3.55. The molecule has 1 aliphatic heterocycles. The summed E-state index contributed by atoms with van der Waals surface area (Å²) >= 11 is 1.22. The molecule has 2 aliphatic rings.